The Hall–Kier alpha value is -1.55. The molecule has 24 heavy (non-hydrogen) atoms. The van der Waals surface area contributed by atoms with Gasteiger partial charge in [0.25, 0.3) is 5.91 Å². The second-order valence-electron chi connectivity index (χ2n) is 7.29. The van der Waals surface area contributed by atoms with E-state index in [-0.39, 0.29) is 5.91 Å². The zero-order valence-corrected chi connectivity index (χ0v) is 15.3. The fourth-order valence-electron chi connectivity index (χ4n) is 2.95. The zero-order valence-electron chi connectivity index (χ0n) is 15.3. The first-order valence-electron chi connectivity index (χ1n) is 9.31. The van der Waals surface area contributed by atoms with Crippen LogP contribution in [-0.4, -0.2) is 25.2 Å². The van der Waals surface area contributed by atoms with Crippen LogP contribution < -0.4 is 10.6 Å². The second kappa shape index (κ2) is 9.67. The van der Waals surface area contributed by atoms with Crippen LogP contribution in [0, 0.1) is 11.8 Å². The van der Waals surface area contributed by atoms with Gasteiger partial charge in [-0.05, 0) is 62.3 Å². The summed E-state index contributed by atoms with van der Waals surface area (Å²) in [5, 5.41) is 6.40. The number of carbonyl (C=O) groups excluding carboxylic acids is 1. The molecule has 1 atom stereocenters. The quantitative estimate of drug-likeness (QED) is 0.690. The van der Waals surface area contributed by atoms with Gasteiger partial charge in [0.2, 0.25) is 0 Å². The number of anilines is 2. The Morgan fingerprint density at radius 3 is 2.38 bits per heavy atom. The Bertz CT molecular complexity index is 493. The van der Waals surface area contributed by atoms with E-state index >= 15 is 0 Å². The first kappa shape index (κ1) is 18.8. The Morgan fingerprint density at radius 2 is 1.75 bits per heavy atom. The summed E-state index contributed by atoms with van der Waals surface area (Å²) in [7, 11) is 0. The monoisotopic (exact) mass is 332 g/mol. The summed E-state index contributed by atoms with van der Waals surface area (Å²) in [6.45, 7) is 7.77. The minimum Gasteiger partial charge on any atom is -0.385 e. The van der Waals surface area contributed by atoms with E-state index < -0.39 is 6.10 Å². The average Bonchev–Trinajstić information content (AvgIpc) is 3.07. The number of nitrogens with one attached hydrogen (secondary N) is 2. The van der Waals surface area contributed by atoms with Crippen LogP contribution in [0.15, 0.2) is 24.3 Å². The largest absolute Gasteiger partial charge is 0.385 e. The molecule has 0 aromatic heterocycles. The van der Waals surface area contributed by atoms with Gasteiger partial charge in [-0.25, -0.2) is 0 Å². The highest BCUT2D eigenvalue weighted by atomic mass is 16.5. The number of hydrogen-bond acceptors (Lipinski definition) is 3. The molecule has 0 radical (unpaired) electrons. The third kappa shape index (κ3) is 6.52. The molecule has 0 heterocycles. The van der Waals surface area contributed by atoms with E-state index in [2.05, 4.69) is 24.5 Å². The van der Waals surface area contributed by atoms with Crippen LogP contribution in [0.4, 0.5) is 11.4 Å². The van der Waals surface area contributed by atoms with Crippen molar-refractivity contribution in [3.63, 3.8) is 0 Å². The molecule has 1 aromatic carbocycles. The van der Waals surface area contributed by atoms with Crippen LogP contribution in [0.1, 0.15) is 52.9 Å². The van der Waals surface area contributed by atoms with Gasteiger partial charge < -0.3 is 15.4 Å². The summed E-state index contributed by atoms with van der Waals surface area (Å²) in [5.74, 6) is 1.31. The maximum Gasteiger partial charge on any atom is 0.253 e. The summed E-state index contributed by atoms with van der Waals surface area (Å²) in [6.07, 6.45) is 5.97. The van der Waals surface area contributed by atoms with Crippen molar-refractivity contribution in [2.24, 2.45) is 11.8 Å². The lowest BCUT2D eigenvalue weighted by Gasteiger charge is -2.15. The lowest BCUT2D eigenvalue weighted by atomic mass is 10.1. The molecule has 1 unspecified atom stereocenters. The third-order valence-electron chi connectivity index (χ3n) is 4.65. The number of hydrogen-bond donors (Lipinski definition) is 2. The van der Waals surface area contributed by atoms with Crippen molar-refractivity contribution in [1.29, 1.82) is 0 Å². The summed E-state index contributed by atoms with van der Waals surface area (Å²) < 4.78 is 5.58. The van der Waals surface area contributed by atoms with Crippen molar-refractivity contribution >= 4 is 17.3 Å². The first-order valence-corrected chi connectivity index (χ1v) is 9.31. The van der Waals surface area contributed by atoms with Gasteiger partial charge in [-0.1, -0.05) is 26.7 Å². The first-order chi connectivity index (χ1) is 11.5. The highest BCUT2D eigenvalue weighted by Crippen LogP contribution is 2.25. The predicted octanol–water partition coefficient (Wildman–Crippen LogP) is 4.68. The molecule has 0 saturated heterocycles. The van der Waals surface area contributed by atoms with E-state index in [4.69, 9.17) is 4.74 Å². The van der Waals surface area contributed by atoms with Gasteiger partial charge in [-0.3, -0.25) is 4.79 Å². The second-order valence-corrected chi connectivity index (χ2v) is 7.29. The number of ether oxygens (including phenoxy) is 1. The molecule has 1 aliphatic rings. The number of carbonyl (C=O) groups is 1. The Kier molecular flexibility index (Phi) is 7.57. The molecule has 1 aromatic rings. The van der Waals surface area contributed by atoms with Gasteiger partial charge in [0.05, 0.1) is 0 Å². The van der Waals surface area contributed by atoms with Crippen LogP contribution in [-0.2, 0) is 9.53 Å². The summed E-state index contributed by atoms with van der Waals surface area (Å²) in [5.41, 5.74) is 1.92. The van der Waals surface area contributed by atoms with Crippen molar-refractivity contribution in [2.75, 3.05) is 23.8 Å². The Labute approximate surface area is 146 Å². The van der Waals surface area contributed by atoms with Crippen molar-refractivity contribution in [3.05, 3.63) is 24.3 Å². The predicted molar refractivity (Wildman–Crippen MR) is 100 cm³/mol. The molecule has 134 valence electrons. The normalized spacial score (nSPS) is 16.3. The fourth-order valence-corrected chi connectivity index (χ4v) is 2.95. The SMILES string of the molecule is CC(C)CCOC(C)C(=O)Nc1ccc(NCC2CCCC2)cc1. The summed E-state index contributed by atoms with van der Waals surface area (Å²) >= 11 is 0. The van der Waals surface area contributed by atoms with E-state index in [0.29, 0.717) is 12.5 Å². The van der Waals surface area contributed by atoms with Crippen molar-refractivity contribution in [3.8, 4) is 0 Å². The molecule has 1 fully saturated rings. The lowest BCUT2D eigenvalue weighted by Crippen LogP contribution is -2.28. The van der Waals surface area contributed by atoms with Gasteiger partial charge in [-0.2, -0.15) is 0 Å². The van der Waals surface area contributed by atoms with Crippen LogP contribution >= 0.6 is 0 Å². The standard InChI is InChI=1S/C20H32N2O2/c1-15(2)12-13-24-16(3)20(23)22-19-10-8-18(9-11-19)21-14-17-6-4-5-7-17/h8-11,15-17,21H,4-7,12-14H2,1-3H3,(H,22,23). The van der Waals surface area contributed by atoms with Gasteiger partial charge in [-0.15, -0.1) is 0 Å². The topological polar surface area (TPSA) is 50.4 Å². The summed E-state index contributed by atoms with van der Waals surface area (Å²) in [4.78, 5) is 12.1. The van der Waals surface area contributed by atoms with Gasteiger partial charge in [0.1, 0.15) is 6.10 Å². The van der Waals surface area contributed by atoms with Gasteiger partial charge in [0, 0.05) is 24.5 Å². The maximum absolute atomic E-state index is 12.1. The zero-order chi connectivity index (χ0) is 17.4. The van der Waals surface area contributed by atoms with Crippen molar-refractivity contribution in [2.45, 2.75) is 59.0 Å². The molecule has 0 bridgehead atoms. The number of rotatable bonds is 9. The average molecular weight is 332 g/mol. The third-order valence-corrected chi connectivity index (χ3v) is 4.65. The minimum absolute atomic E-state index is 0.0922. The fraction of sp³-hybridized carbons (Fsp3) is 0.650. The maximum atomic E-state index is 12.1. The Balaban J connectivity index is 1.72. The highest BCUT2D eigenvalue weighted by molar-refractivity contribution is 5.94. The molecule has 2 N–H and O–H groups in total. The minimum atomic E-state index is -0.427. The van der Waals surface area contributed by atoms with Crippen LogP contribution in [0.3, 0.4) is 0 Å². The van der Waals surface area contributed by atoms with Gasteiger partial charge in [0.15, 0.2) is 0 Å². The molecular weight excluding hydrogens is 300 g/mol. The van der Waals surface area contributed by atoms with Crippen molar-refractivity contribution < 1.29 is 9.53 Å². The molecule has 0 spiro atoms. The van der Waals surface area contributed by atoms with E-state index in [1.807, 2.05) is 24.3 Å². The van der Waals surface area contributed by atoms with E-state index in [1.54, 1.807) is 6.92 Å². The van der Waals surface area contributed by atoms with Crippen molar-refractivity contribution in [1.82, 2.24) is 0 Å². The molecule has 0 aliphatic heterocycles. The molecular formula is C20H32N2O2. The van der Waals surface area contributed by atoms with E-state index in [0.717, 1.165) is 30.3 Å². The van der Waals surface area contributed by atoms with Gasteiger partial charge >= 0.3 is 0 Å². The highest BCUT2D eigenvalue weighted by Gasteiger charge is 2.15. The lowest BCUT2D eigenvalue weighted by molar-refractivity contribution is -0.126. The molecule has 4 heteroatoms. The number of amides is 1. The van der Waals surface area contributed by atoms with E-state index in [1.165, 1.54) is 25.7 Å². The molecule has 1 aliphatic carbocycles. The van der Waals surface area contributed by atoms with Crippen LogP contribution in [0.2, 0.25) is 0 Å². The molecule has 1 amide bonds. The Morgan fingerprint density at radius 1 is 1.12 bits per heavy atom. The summed E-state index contributed by atoms with van der Waals surface area (Å²) in [6, 6.07) is 7.93. The van der Waals surface area contributed by atoms with Crippen LogP contribution in [0.5, 0.6) is 0 Å². The molecule has 1 saturated carbocycles. The smallest absolute Gasteiger partial charge is 0.253 e. The molecule has 4 nitrogen and oxygen atoms in total. The number of benzene rings is 1. The van der Waals surface area contributed by atoms with Crippen LogP contribution in [0.25, 0.3) is 0 Å². The molecule has 2 rings (SSSR count). The van der Waals surface area contributed by atoms with E-state index in [9.17, 15) is 4.79 Å².